The van der Waals surface area contributed by atoms with Gasteiger partial charge in [0.05, 0.1) is 13.0 Å². The minimum Gasteiger partial charge on any atom is -0.508 e. The van der Waals surface area contributed by atoms with Crippen LogP contribution in [0.3, 0.4) is 0 Å². The molecule has 0 aliphatic carbocycles. The summed E-state index contributed by atoms with van der Waals surface area (Å²) >= 11 is 0. The van der Waals surface area contributed by atoms with E-state index in [9.17, 15) is 29.1 Å². The van der Waals surface area contributed by atoms with E-state index in [2.05, 4.69) is 10.6 Å². The molecule has 2 unspecified atom stereocenters. The smallest absolute Gasteiger partial charge is 0.408 e. The maximum absolute atomic E-state index is 13.4. The Morgan fingerprint density at radius 3 is 2.31 bits per heavy atom. The number of aromatic hydroxyl groups is 1. The van der Waals surface area contributed by atoms with Crippen molar-refractivity contribution in [2.45, 2.75) is 64.6 Å². The number of para-hydroxylation sites is 1. The van der Waals surface area contributed by atoms with Crippen LogP contribution >= 0.6 is 0 Å². The number of hydrogen-bond donors (Lipinski definition) is 4. The van der Waals surface area contributed by atoms with Crippen LogP contribution in [0.1, 0.15) is 58.6 Å². The predicted octanol–water partition coefficient (Wildman–Crippen LogP) is 1.12. The number of hydrogen-bond acceptors (Lipinski definition) is 8. The highest BCUT2D eigenvalue weighted by molar-refractivity contribution is 5.92. The van der Waals surface area contributed by atoms with Crippen molar-refractivity contribution < 1.29 is 38.6 Å². The molecule has 4 amide bonds. The van der Waals surface area contributed by atoms with Crippen molar-refractivity contribution in [1.29, 1.82) is 0 Å². The molecule has 12 heteroatoms. The summed E-state index contributed by atoms with van der Waals surface area (Å²) in [4.78, 5) is 62.9. The molecule has 12 nitrogen and oxygen atoms in total. The van der Waals surface area contributed by atoms with Gasteiger partial charge in [0.25, 0.3) is 0 Å². The van der Waals surface area contributed by atoms with Gasteiger partial charge in [-0.25, -0.2) is 4.79 Å². The minimum atomic E-state index is -1.32. The largest absolute Gasteiger partial charge is 0.508 e. The summed E-state index contributed by atoms with van der Waals surface area (Å²) in [5.41, 5.74) is 4.50. The van der Waals surface area contributed by atoms with Gasteiger partial charge in [-0.15, -0.1) is 0 Å². The fraction of sp³-hybridized carbons (Fsp3) is 0.542. The Morgan fingerprint density at radius 2 is 1.75 bits per heavy atom. The molecule has 0 fully saturated rings. The molecule has 0 spiro atoms. The van der Waals surface area contributed by atoms with Crippen molar-refractivity contribution >= 4 is 29.8 Å². The van der Waals surface area contributed by atoms with Gasteiger partial charge in [0.2, 0.25) is 17.7 Å². The van der Waals surface area contributed by atoms with E-state index in [0.717, 1.165) is 4.90 Å². The number of phenols is 1. The second kappa shape index (κ2) is 13.9. The molecule has 36 heavy (non-hydrogen) atoms. The molecule has 0 aliphatic heterocycles. The standard InChI is InChI=1S/C24H36N4O8/c1-6-35-19(31)13-14-26-21(32)20(15-9-7-8-10-17(15)29)28(5)22(33)16(11-12-18(25)30)27-23(34)36-24(2,3)4/h7-10,16,20,29H,6,11-14H2,1-5H3,(H2,25,30)(H,26,32)(H,27,34). The van der Waals surface area contributed by atoms with Crippen LogP contribution in [-0.2, 0) is 28.7 Å². The predicted molar refractivity (Wildman–Crippen MR) is 129 cm³/mol. The van der Waals surface area contributed by atoms with Crippen molar-refractivity contribution in [2.75, 3.05) is 20.2 Å². The van der Waals surface area contributed by atoms with Crippen molar-refractivity contribution in [2.24, 2.45) is 5.73 Å². The lowest BCUT2D eigenvalue weighted by molar-refractivity contribution is -0.144. The Kier molecular flexibility index (Phi) is 11.7. The number of nitrogens with two attached hydrogens (primary N) is 1. The van der Waals surface area contributed by atoms with E-state index in [1.54, 1.807) is 39.8 Å². The molecule has 2 atom stereocenters. The summed E-state index contributed by atoms with van der Waals surface area (Å²) in [6.45, 7) is 6.73. The molecule has 0 saturated carbocycles. The third kappa shape index (κ3) is 10.2. The number of alkyl carbamates (subject to hydrolysis) is 1. The van der Waals surface area contributed by atoms with Gasteiger partial charge in [-0.05, 0) is 40.2 Å². The molecule has 0 aromatic heterocycles. The maximum atomic E-state index is 13.4. The highest BCUT2D eigenvalue weighted by Crippen LogP contribution is 2.29. The Hall–Kier alpha value is -3.83. The SMILES string of the molecule is CCOC(=O)CCNC(=O)C(c1ccccc1O)N(C)C(=O)C(CCC(N)=O)NC(=O)OC(C)(C)C. The molecule has 0 bridgehead atoms. The van der Waals surface area contributed by atoms with Gasteiger partial charge in [0.15, 0.2) is 0 Å². The molecular formula is C24H36N4O8. The Balaban J connectivity index is 3.20. The molecule has 1 rings (SSSR count). The maximum Gasteiger partial charge on any atom is 0.408 e. The first-order chi connectivity index (χ1) is 16.8. The van der Waals surface area contributed by atoms with Crippen LogP contribution in [0.5, 0.6) is 5.75 Å². The number of carbonyl (C=O) groups excluding carboxylic acids is 5. The lowest BCUT2D eigenvalue weighted by Crippen LogP contribution is -2.52. The third-order valence-electron chi connectivity index (χ3n) is 4.82. The van der Waals surface area contributed by atoms with E-state index >= 15 is 0 Å². The van der Waals surface area contributed by atoms with Crippen LogP contribution in [-0.4, -0.2) is 71.6 Å². The first kappa shape index (κ1) is 30.2. The van der Waals surface area contributed by atoms with Gasteiger partial charge in [-0.1, -0.05) is 18.2 Å². The van der Waals surface area contributed by atoms with Crippen LogP contribution in [0.4, 0.5) is 4.79 Å². The Morgan fingerprint density at radius 1 is 1.11 bits per heavy atom. The van der Waals surface area contributed by atoms with Gasteiger partial charge < -0.3 is 35.8 Å². The van der Waals surface area contributed by atoms with Crippen molar-refractivity contribution in [3.05, 3.63) is 29.8 Å². The first-order valence-electron chi connectivity index (χ1n) is 11.5. The van der Waals surface area contributed by atoms with Crippen molar-refractivity contribution in [3.8, 4) is 5.75 Å². The number of nitrogens with one attached hydrogen (secondary N) is 2. The number of nitrogens with zero attached hydrogens (tertiary/aromatic N) is 1. The summed E-state index contributed by atoms with van der Waals surface area (Å²) < 4.78 is 10.1. The molecule has 0 heterocycles. The summed E-state index contributed by atoms with van der Waals surface area (Å²) in [7, 11) is 1.32. The number of phenolic OH excluding ortho intramolecular Hbond substituents is 1. The minimum absolute atomic E-state index is 0.0644. The van der Waals surface area contributed by atoms with Crippen LogP contribution in [0.25, 0.3) is 0 Å². The lowest BCUT2D eigenvalue weighted by Gasteiger charge is -2.31. The van der Waals surface area contributed by atoms with E-state index < -0.39 is 47.5 Å². The summed E-state index contributed by atoms with van der Waals surface area (Å²) in [5.74, 6) is -2.83. The number of esters is 1. The second-order valence-corrected chi connectivity index (χ2v) is 8.96. The number of primary amides is 1. The van der Waals surface area contributed by atoms with E-state index in [1.807, 2.05) is 0 Å². The van der Waals surface area contributed by atoms with Crippen LogP contribution in [0, 0.1) is 0 Å². The highest BCUT2D eigenvalue weighted by Gasteiger charge is 2.35. The van der Waals surface area contributed by atoms with Gasteiger partial charge in [-0.2, -0.15) is 0 Å². The van der Waals surface area contributed by atoms with Crippen LogP contribution in [0.15, 0.2) is 24.3 Å². The topological polar surface area (TPSA) is 177 Å². The number of likely N-dealkylation sites (N-methyl/N-ethyl adjacent to an activating group) is 1. The second-order valence-electron chi connectivity index (χ2n) is 8.96. The van der Waals surface area contributed by atoms with Gasteiger partial charge in [-0.3, -0.25) is 19.2 Å². The zero-order chi connectivity index (χ0) is 27.5. The zero-order valence-electron chi connectivity index (χ0n) is 21.3. The van der Waals surface area contributed by atoms with Crippen LogP contribution in [0.2, 0.25) is 0 Å². The quantitative estimate of drug-likeness (QED) is 0.303. The van der Waals surface area contributed by atoms with E-state index in [1.165, 1.54) is 19.2 Å². The molecule has 5 N–H and O–H groups in total. The summed E-state index contributed by atoms with van der Waals surface area (Å²) in [6.07, 6.45) is -1.34. The van der Waals surface area contributed by atoms with Crippen molar-refractivity contribution in [1.82, 2.24) is 15.5 Å². The molecule has 1 aromatic rings. The van der Waals surface area contributed by atoms with Gasteiger partial charge in [0, 0.05) is 25.6 Å². The molecule has 0 radical (unpaired) electrons. The first-order valence-corrected chi connectivity index (χ1v) is 11.5. The average molecular weight is 509 g/mol. The van der Waals surface area contributed by atoms with E-state index in [0.29, 0.717) is 0 Å². The number of ether oxygens (including phenoxy) is 2. The van der Waals surface area contributed by atoms with Gasteiger partial charge in [0.1, 0.15) is 23.4 Å². The molecule has 200 valence electrons. The monoisotopic (exact) mass is 508 g/mol. The molecule has 0 aliphatic rings. The highest BCUT2D eigenvalue weighted by atomic mass is 16.6. The average Bonchev–Trinajstić information content (AvgIpc) is 2.76. The number of rotatable bonds is 12. The van der Waals surface area contributed by atoms with E-state index in [-0.39, 0.29) is 43.7 Å². The van der Waals surface area contributed by atoms with Gasteiger partial charge >= 0.3 is 12.1 Å². The number of benzene rings is 1. The summed E-state index contributed by atoms with van der Waals surface area (Å²) in [5, 5.41) is 15.4. The lowest BCUT2D eigenvalue weighted by atomic mass is 10.0. The fourth-order valence-corrected chi connectivity index (χ4v) is 3.23. The summed E-state index contributed by atoms with van der Waals surface area (Å²) in [6, 6.07) is 3.38. The number of carbonyl (C=O) groups is 5. The fourth-order valence-electron chi connectivity index (χ4n) is 3.23. The zero-order valence-corrected chi connectivity index (χ0v) is 21.3. The molecule has 1 aromatic carbocycles. The number of amides is 4. The normalized spacial score (nSPS) is 12.6. The molecule has 0 saturated heterocycles. The Labute approximate surface area is 210 Å². The third-order valence-corrected chi connectivity index (χ3v) is 4.82. The Bertz CT molecular complexity index is 944. The van der Waals surface area contributed by atoms with E-state index in [4.69, 9.17) is 15.2 Å². The van der Waals surface area contributed by atoms with Crippen LogP contribution < -0.4 is 16.4 Å². The van der Waals surface area contributed by atoms with Crippen molar-refractivity contribution in [3.63, 3.8) is 0 Å². The molecular weight excluding hydrogens is 472 g/mol.